The number of hydrogen-bond acceptors (Lipinski definition) is 5. The molecular weight excluding hydrogens is 465 g/mol. The van der Waals surface area contributed by atoms with Crippen LogP contribution in [0.15, 0.2) is 54.6 Å². The van der Waals surface area contributed by atoms with Crippen LogP contribution in [0.3, 0.4) is 0 Å². The summed E-state index contributed by atoms with van der Waals surface area (Å²) in [6.07, 6.45) is -0.320. The van der Waals surface area contributed by atoms with Crippen molar-refractivity contribution >= 4 is 11.9 Å². The molecule has 9 heteroatoms. The van der Waals surface area contributed by atoms with Crippen LogP contribution in [-0.4, -0.2) is 44.1 Å². The lowest BCUT2D eigenvalue weighted by atomic mass is 9.78. The van der Waals surface area contributed by atoms with E-state index >= 15 is 0 Å². The molecule has 3 aromatic rings. The molecule has 0 radical (unpaired) electrons. The van der Waals surface area contributed by atoms with Crippen molar-refractivity contribution in [3.05, 3.63) is 77.2 Å². The first-order chi connectivity index (χ1) is 16.8. The Labute approximate surface area is 209 Å². The van der Waals surface area contributed by atoms with Crippen molar-refractivity contribution in [3.8, 4) is 11.6 Å². The summed E-state index contributed by atoms with van der Waals surface area (Å²) in [5, 5.41) is 27.3. The Bertz CT molecular complexity index is 1250. The molecular formula is C27H32FN3O5. The minimum Gasteiger partial charge on any atom is -0.481 e. The number of carbonyl (C=O) groups is 2. The van der Waals surface area contributed by atoms with Crippen molar-refractivity contribution < 1.29 is 28.9 Å². The molecule has 192 valence electrons. The van der Waals surface area contributed by atoms with E-state index in [1.54, 1.807) is 25.1 Å². The van der Waals surface area contributed by atoms with E-state index in [2.05, 4.69) is 10.4 Å². The Morgan fingerprint density at radius 2 is 1.81 bits per heavy atom. The summed E-state index contributed by atoms with van der Waals surface area (Å²) in [6.45, 7) is 8.97. The highest BCUT2D eigenvalue weighted by atomic mass is 19.1. The van der Waals surface area contributed by atoms with E-state index in [-0.39, 0.29) is 24.6 Å². The number of aryl methyl sites for hydroxylation is 1. The first-order valence-corrected chi connectivity index (χ1v) is 11.6. The van der Waals surface area contributed by atoms with Crippen LogP contribution in [0.25, 0.3) is 5.69 Å². The molecule has 2 atom stereocenters. The summed E-state index contributed by atoms with van der Waals surface area (Å²) in [5.74, 6) is -2.06. The van der Waals surface area contributed by atoms with Crippen molar-refractivity contribution in [1.29, 1.82) is 0 Å². The van der Waals surface area contributed by atoms with Gasteiger partial charge in [-0.15, -0.1) is 0 Å². The number of aliphatic carboxylic acids is 1. The number of halogens is 1. The van der Waals surface area contributed by atoms with E-state index in [0.717, 1.165) is 5.56 Å². The van der Waals surface area contributed by atoms with Gasteiger partial charge in [-0.1, -0.05) is 51.1 Å². The molecule has 36 heavy (non-hydrogen) atoms. The van der Waals surface area contributed by atoms with E-state index < -0.39 is 34.8 Å². The first kappa shape index (κ1) is 26.9. The van der Waals surface area contributed by atoms with Gasteiger partial charge in [0.15, 0.2) is 5.69 Å². The van der Waals surface area contributed by atoms with Crippen LogP contribution in [0.5, 0.6) is 5.88 Å². The molecule has 0 saturated carbocycles. The van der Waals surface area contributed by atoms with Gasteiger partial charge in [0, 0.05) is 6.07 Å². The average molecular weight is 498 g/mol. The van der Waals surface area contributed by atoms with Gasteiger partial charge in [-0.05, 0) is 48.6 Å². The van der Waals surface area contributed by atoms with Gasteiger partial charge in [-0.25, -0.2) is 9.07 Å². The van der Waals surface area contributed by atoms with E-state index in [1.807, 2.05) is 39.8 Å². The predicted molar refractivity (Wildman–Crippen MR) is 133 cm³/mol. The lowest BCUT2D eigenvalue weighted by molar-refractivity contribution is -0.137. The van der Waals surface area contributed by atoms with E-state index in [0.29, 0.717) is 11.3 Å². The van der Waals surface area contributed by atoms with Crippen LogP contribution in [0.1, 0.15) is 61.8 Å². The molecule has 3 N–H and O–H groups in total. The van der Waals surface area contributed by atoms with Gasteiger partial charge in [0.05, 0.1) is 18.2 Å². The number of carboxylic acid groups (broad SMARTS) is 1. The topological polar surface area (TPSA) is 114 Å². The second-order valence-electron chi connectivity index (χ2n) is 10.1. The minimum absolute atomic E-state index is 0.0476. The molecule has 0 aliphatic heterocycles. The highest BCUT2D eigenvalue weighted by molar-refractivity contribution is 5.93. The molecule has 0 fully saturated rings. The van der Waals surface area contributed by atoms with Crippen LogP contribution in [0, 0.1) is 18.2 Å². The number of ether oxygens (including phenoxy) is 1. The Hall–Kier alpha value is -3.72. The number of nitrogens with one attached hydrogen (secondary N) is 1. The highest BCUT2D eigenvalue weighted by Gasteiger charge is 2.36. The maximum atomic E-state index is 13.9. The van der Waals surface area contributed by atoms with Crippen molar-refractivity contribution in [2.75, 3.05) is 6.61 Å². The number of amides is 1. The SMILES string of the molecule is Cc1ccccc1[C@H](CC(=O)O)NC(=O)c1cc(OC[C@@](C)(O)C(C)(C)C)n(-c2cccc(F)c2)n1. The smallest absolute Gasteiger partial charge is 0.305 e. The number of aromatic nitrogens is 2. The normalized spacial score (nSPS) is 14.1. The predicted octanol–water partition coefficient (Wildman–Crippen LogP) is 4.44. The zero-order valence-electron chi connectivity index (χ0n) is 21.1. The third-order valence-electron chi connectivity index (χ3n) is 6.33. The Balaban J connectivity index is 1.95. The molecule has 0 saturated heterocycles. The zero-order valence-corrected chi connectivity index (χ0v) is 21.1. The van der Waals surface area contributed by atoms with Gasteiger partial charge in [0.25, 0.3) is 5.91 Å². The summed E-state index contributed by atoms with van der Waals surface area (Å²) < 4.78 is 21.1. The van der Waals surface area contributed by atoms with E-state index in [1.165, 1.54) is 28.9 Å². The van der Waals surface area contributed by atoms with Crippen LogP contribution >= 0.6 is 0 Å². The van der Waals surface area contributed by atoms with Crippen LogP contribution in [-0.2, 0) is 4.79 Å². The number of carbonyl (C=O) groups excluding carboxylic acids is 1. The third-order valence-corrected chi connectivity index (χ3v) is 6.33. The summed E-state index contributed by atoms with van der Waals surface area (Å²) in [5.41, 5.74) is 0.0608. The summed E-state index contributed by atoms with van der Waals surface area (Å²) in [6, 6.07) is 13.4. The molecule has 0 unspecified atom stereocenters. The second kappa shape index (κ2) is 10.5. The molecule has 0 aliphatic rings. The molecule has 1 aromatic heterocycles. The molecule has 8 nitrogen and oxygen atoms in total. The number of rotatable bonds is 9. The standard InChI is InChI=1S/C27H32FN3O5/c1-17-9-6-7-12-20(17)21(15-24(32)33)29-25(34)22-14-23(36-16-27(5,35)26(2,3)4)31(30-22)19-11-8-10-18(28)13-19/h6-14,21,35H,15-16H2,1-5H3,(H,29,34)(H,32,33)/t21-,27+/m0/s1. The maximum Gasteiger partial charge on any atom is 0.305 e. The molecule has 0 spiro atoms. The summed E-state index contributed by atoms with van der Waals surface area (Å²) in [7, 11) is 0. The fourth-order valence-corrected chi connectivity index (χ4v) is 3.42. The molecule has 0 aliphatic carbocycles. The number of hydrogen-bond donors (Lipinski definition) is 3. The Morgan fingerprint density at radius 3 is 2.42 bits per heavy atom. The van der Waals surface area contributed by atoms with Gasteiger partial charge in [-0.3, -0.25) is 9.59 Å². The summed E-state index contributed by atoms with van der Waals surface area (Å²) >= 11 is 0. The van der Waals surface area contributed by atoms with Crippen molar-refractivity contribution in [2.45, 2.75) is 52.7 Å². The number of aliphatic hydroxyl groups is 1. The van der Waals surface area contributed by atoms with E-state index in [4.69, 9.17) is 4.74 Å². The fraction of sp³-hybridized carbons (Fsp3) is 0.370. The van der Waals surface area contributed by atoms with Gasteiger partial charge >= 0.3 is 5.97 Å². The molecule has 2 aromatic carbocycles. The molecule has 0 bridgehead atoms. The quantitative estimate of drug-likeness (QED) is 0.403. The lowest BCUT2D eigenvalue weighted by Crippen LogP contribution is -2.45. The average Bonchev–Trinajstić information content (AvgIpc) is 3.21. The Morgan fingerprint density at radius 1 is 1.11 bits per heavy atom. The summed E-state index contributed by atoms with van der Waals surface area (Å²) in [4.78, 5) is 24.7. The number of benzene rings is 2. The van der Waals surface area contributed by atoms with Crippen molar-refractivity contribution in [1.82, 2.24) is 15.1 Å². The number of carboxylic acids is 1. The van der Waals surface area contributed by atoms with Crippen molar-refractivity contribution in [3.63, 3.8) is 0 Å². The van der Waals surface area contributed by atoms with E-state index in [9.17, 15) is 24.2 Å². The molecule has 1 heterocycles. The van der Waals surface area contributed by atoms with Crippen LogP contribution < -0.4 is 10.1 Å². The highest BCUT2D eigenvalue weighted by Crippen LogP contribution is 2.31. The van der Waals surface area contributed by atoms with Crippen LogP contribution in [0.4, 0.5) is 4.39 Å². The maximum absolute atomic E-state index is 13.9. The Kier molecular flexibility index (Phi) is 7.83. The molecule has 1 amide bonds. The van der Waals surface area contributed by atoms with Gasteiger partial charge < -0.3 is 20.3 Å². The fourth-order valence-electron chi connectivity index (χ4n) is 3.42. The van der Waals surface area contributed by atoms with Gasteiger partial charge in [0.1, 0.15) is 18.0 Å². The molecule has 3 rings (SSSR count). The third kappa shape index (κ3) is 6.28. The lowest BCUT2D eigenvalue weighted by Gasteiger charge is -2.36. The minimum atomic E-state index is -1.22. The monoisotopic (exact) mass is 497 g/mol. The largest absolute Gasteiger partial charge is 0.481 e. The number of nitrogens with zero attached hydrogens (tertiary/aromatic N) is 2. The second-order valence-corrected chi connectivity index (χ2v) is 10.1. The van der Waals surface area contributed by atoms with Crippen molar-refractivity contribution in [2.24, 2.45) is 5.41 Å². The zero-order chi connectivity index (χ0) is 26.7. The van der Waals surface area contributed by atoms with Crippen LogP contribution in [0.2, 0.25) is 0 Å². The first-order valence-electron chi connectivity index (χ1n) is 11.6. The van der Waals surface area contributed by atoms with Gasteiger partial charge in [-0.2, -0.15) is 5.10 Å². The van der Waals surface area contributed by atoms with Gasteiger partial charge in [0.2, 0.25) is 5.88 Å².